The molecule has 2 heterocycles. The van der Waals surface area contributed by atoms with Crippen molar-refractivity contribution in [2.24, 2.45) is 0 Å². The van der Waals surface area contributed by atoms with Crippen molar-refractivity contribution in [1.82, 2.24) is 9.88 Å². The summed E-state index contributed by atoms with van der Waals surface area (Å²) in [7, 11) is 0. The van der Waals surface area contributed by atoms with Crippen molar-refractivity contribution >= 4 is 10.9 Å². The van der Waals surface area contributed by atoms with Crippen LogP contribution in [0.1, 0.15) is 24.2 Å². The number of aryl methyl sites for hydroxylation is 1. The largest absolute Gasteiger partial charge is 0.339 e. The van der Waals surface area contributed by atoms with E-state index in [9.17, 15) is 4.39 Å². The molecule has 3 rings (SSSR count). The molecule has 3 heteroatoms. The van der Waals surface area contributed by atoms with Crippen LogP contribution in [0, 0.1) is 12.7 Å². The van der Waals surface area contributed by atoms with E-state index in [4.69, 9.17) is 0 Å². The fourth-order valence-corrected chi connectivity index (χ4v) is 2.73. The lowest BCUT2D eigenvalue weighted by atomic mass is 10.1. The molecule has 0 saturated heterocycles. The number of benzene rings is 1. The van der Waals surface area contributed by atoms with Gasteiger partial charge in [0.1, 0.15) is 5.82 Å². The van der Waals surface area contributed by atoms with Gasteiger partial charge in [-0.15, -0.1) is 0 Å². The van der Waals surface area contributed by atoms with E-state index in [-0.39, 0.29) is 5.82 Å². The van der Waals surface area contributed by atoms with Gasteiger partial charge in [0, 0.05) is 30.2 Å². The zero-order valence-corrected chi connectivity index (χ0v) is 9.55. The normalized spacial score (nSPS) is 20.1. The zero-order valence-electron chi connectivity index (χ0n) is 9.55. The van der Waals surface area contributed by atoms with Crippen molar-refractivity contribution in [3.63, 3.8) is 0 Å². The first kappa shape index (κ1) is 9.85. The fourth-order valence-electron chi connectivity index (χ4n) is 2.73. The molecule has 2 nitrogen and oxygen atoms in total. The van der Waals surface area contributed by atoms with Gasteiger partial charge in [-0.2, -0.15) is 0 Å². The van der Waals surface area contributed by atoms with E-state index in [0.29, 0.717) is 6.04 Å². The second kappa shape index (κ2) is 3.32. The lowest BCUT2D eigenvalue weighted by molar-refractivity contribution is 0.439. The van der Waals surface area contributed by atoms with Crippen molar-refractivity contribution in [2.75, 3.05) is 6.54 Å². The van der Waals surface area contributed by atoms with Gasteiger partial charge in [0.15, 0.2) is 0 Å². The molecule has 1 aliphatic rings. The van der Waals surface area contributed by atoms with E-state index in [1.165, 1.54) is 11.2 Å². The summed E-state index contributed by atoms with van der Waals surface area (Å²) in [5, 5.41) is 4.39. The van der Waals surface area contributed by atoms with Crippen LogP contribution in [-0.4, -0.2) is 11.1 Å². The number of rotatable bonds is 0. The zero-order chi connectivity index (χ0) is 11.3. The molecular formula is C13H15FN2. The molecule has 0 radical (unpaired) electrons. The lowest BCUT2D eigenvalue weighted by Gasteiger charge is -2.25. The van der Waals surface area contributed by atoms with Gasteiger partial charge >= 0.3 is 0 Å². The molecule has 1 aromatic carbocycles. The number of fused-ring (bicyclic) bond motifs is 3. The minimum Gasteiger partial charge on any atom is -0.339 e. The Hall–Kier alpha value is -1.35. The molecule has 1 atom stereocenters. The van der Waals surface area contributed by atoms with Crippen molar-refractivity contribution in [2.45, 2.75) is 26.4 Å². The lowest BCUT2D eigenvalue weighted by Crippen LogP contribution is -2.31. The molecule has 0 unspecified atom stereocenters. The number of aromatic nitrogens is 1. The molecule has 1 N–H and O–H groups in total. The van der Waals surface area contributed by atoms with Crippen LogP contribution < -0.4 is 5.32 Å². The minimum absolute atomic E-state index is 0.145. The van der Waals surface area contributed by atoms with Crippen molar-refractivity contribution in [1.29, 1.82) is 0 Å². The average molecular weight is 218 g/mol. The average Bonchev–Trinajstić information content (AvgIpc) is 2.56. The van der Waals surface area contributed by atoms with Crippen LogP contribution in [0.3, 0.4) is 0 Å². The minimum atomic E-state index is -0.145. The van der Waals surface area contributed by atoms with E-state index in [1.54, 1.807) is 12.1 Å². The number of nitrogens with zero attached hydrogens (tertiary/aromatic N) is 1. The Kier molecular flexibility index (Phi) is 2.04. The van der Waals surface area contributed by atoms with Gasteiger partial charge in [0.05, 0.1) is 5.52 Å². The van der Waals surface area contributed by atoms with Crippen molar-refractivity contribution in [3.05, 3.63) is 35.3 Å². The Morgan fingerprint density at radius 1 is 1.38 bits per heavy atom. The highest BCUT2D eigenvalue weighted by Gasteiger charge is 2.19. The van der Waals surface area contributed by atoms with Crippen LogP contribution in [0.15, 0.2) is 18.2 Å². The van der Waals surface area contributed by atoms with E-state index in [0.717, 1.165) is 24.0 Å². The maximum Gasteiger partial charge on any atom is 0.124 e. The first-order valence-corrected chi connectivity index (χ1v) is 5.67. The Morgan fingerprint density at radius 2 is 2.19 bits per heavy atom. The maximum absolute atomic E-state index is 13.3. The summed E-state index contributed by atoms with van der Waals surface area (Å²) in [5.41, 5.74) is 3.46. The van der Waals surface area contributed by atoms with Crippen LogP contribution in [-0.2, 0) is 6.54 Å². The summed E-state index contributed by atoms with van der Waals surface area (Å²) >= 11 is 0. The predicted octanol–water partition coefficient (Wildman–Crippen LogP) is 2.75. The van der Waals surface area contributed by atoms with Crippen molar-refractivity contribution in [3.8, 4) is 0 Å². The monoisotopic (exact) mass is 218 g/mol. The highest BCUT2D eigenvalue weighted by molar-refractivity contribution is 5.84. The third kappa shape index (κ3) is 1.28. The van der Waals surface area contributed by atoms with Gasteiger partial charge in [0.2, 0.25) is 0 Å². The van der Waals surface area contributed by atoms with Gasteiger partial charge in [0.25, 0.3) is 0 Å². The van der Waals surface area contributed by atoms with Gasteiger partial charge in [-0.05, 0) is 37.6 Å². The van der Waals surface area contributed by atoms with Crippen molar-refractivity contribution < 1.29 is 4.39 Å². The molecule has 1 aromatic heterocycles. The molecule has 0 fully saturated rings. The number of halogens is 1. The first-order valence-electron chi connectivity index (χ1n) is 5.67. The third-order valence-electron chi connectivity index (χ3n) is 3.35. The number of hydrogen-bond donors (Lipinski definition) is 1. The Labute approximate surface area is 94.1 Å². The van der Waals surface area contributed by atoms with E-state index < -0.39 is 0 Å². The highest BCUT2D eigenvalue weighted by atomic mass is 19.1. The Balaban J connectivity index is 2.38. The third-order valence-corrected chi connectivity index (χ3v) is 3.35. The van der Waals surface area contributed by atoms with Gasteiger partial charge in [-0.3, -0.25) is 0 Å². The predicted molar refractivity (Wildman–Crippen MR) is 63.1 cm³/mol. The summed E-state index contributed by atoms with van der Waals surface area (Å²) < 4.78 is 15.7. The molecule has 0 amide bonds. The van der Waals surface area contributed by atoms with Gasteiger partial charge in [-0.1, -0.05) is 0 Å². The topological polar surface area (TPSA) is 17.0 Å². The molecule has 0 aliphatic carbocycles. The van der Waals surface area contributed by atoms with Crippen LogP contribution in [0.25, 0.3) is 10.9 Å². The maximum atomic E-state index is 13.3. The fraction of sp³-hybridized carbons (Fsp3) is 0.385. The molecule has 16 heavy (non-hydrogen) atoms. The van der Waals surface area contributed by atoms with E-state index >= 15 is 0 Å². The molecule has 0 spiro atoms. The summed E-state index contributed by atoms with van der Waals surface area (Å²) in [4.78, 5) is 0. The van der Waals surface area contributed by atoms with E-state index in [2.05, 4.69) is 22.9 Å². The van der Waals surface area contributed by atoms with E-state index in [1.807, 2.05) is 6.92 Å². The van der Waals surface area contributed by atoms with Crippen LogP contribution in [0.4, 0.5) is 4.39 Å². The second-order valence-corrected chi connectivity index (χ2v) is 4.65. The van der Waals surface area contributed by atoms with Gasteiger partial charge in [-0.25, -0.2) is 4.39 Å². The molecular weight excluding hydrogens is 203 g/mol. The summed E-state index contributed by atoms with van der Waals surface area (Å²) in [6.45, 7) is 6.03. The van der Waals surface area contributed by atoms with Crippen LogP contribution in [0.5, 0.6) is 0 Å². The molecule has 2 aromatic rings. The number of nitrogens with one attached hydrogen (secondary N) is 1. The smallest absolute Gasteiger partial charge is 0.124 e. The summed E-state index contributed by atoms with van der Waals surface area (Å²) in [6.07, 6.45) is 0. The molecule has 0 bridgehead atoms. The van der Waals surface area contributed by atoms with Gasteiger partial charge < -0.3 is 9.88 Å². The second-order valence-electron chi connectivity index (χ2n) is 4.65. The van der Waals surface area contributed by atoms with Crippen LogP contribution in [0.2, 0.25) is 0 Å². The quantitative estimate of drug-likeness (QED) is 0.719. The Morgan fingerprint density at radius 3 is 3.00 bits per heavy atom. The first-order chi connectivity index (χ1) is 7.66. The standard InChI is InChI=1S/C13H15FN2/c1-8-3-11(14)4-10-5-12-7-15-6-9(2)16(12)13(8)10/h3-5,9,15H,6-7H2,1-2H3/t9-/m1/s1. The Bertz CT molecular complexity index is 557. The highest BCUT2D eigenvalue weighted by Crippen LogP contribution is 2.29. The molecule has 84 valence electrons. The summed E-state index contributed by atoms with van der Waals surface area (Å²) in [5.74, 6) is -0.145. The molecule has 1 aliphatic heterocycles. The number of hydrogen-bond acceptors (Lipinski definition) is 1. The summed E-state index contributed by atoms with van der Waals surface area (Å²) in [6, 6.07) is 5.77. The van der Waals surface area contributed by atoms with Crippen LogP contribution >= 0.6 is 0 Å². The molecule has 0 saturated carbocycles. The SMILES string of the molecule is Cc1cc(F)cc2cc3n(c12)[C@H](C)CNC3.